The zero-order valence-electron chi connectivity index (χ0n) is 14.0. The van der Waals surface area contributed by atoms with Crippen LogP contribution in [0.3, 0.4) is 0 Å². The Hall–Kier alpha value is -2.81. The number of rotatable bonds is 5. The van der Waals surface area contributed by atoms with Gasteiger partial charge in [-0.1, -0.05) is 6.07 Å². The summed E-state index contributed by atoms with van der Waals surface area (Å²) in [5.74, 6) is -1.53. The van der Waals surface area contributed by atoms with Gasteiger partial charge in [0.1, 0.15) is 5.69 Å². The Morgan fingerprint density at radius 3 is 2.52 bits per heavy atom. The lowest BCUT2D eigenvalue weighted by Crippen LogP contribution is -2.16. The number of aromatic nitrogens is 4. The van der Waals surface area contributed by atoms with E-state index in [0.717, 1.165) is 4.88 Å². The van der Waals surface area contributed by atoms with Crippen LogP contribution in [0.2, 0.25) is 0 Å². The molecule has 0 aliphatic carbocycles. The van der Waals surface area contributed by atoms with Crippen LogP contribution in [0, 0.1) is 0 Å². The van der Waals surface area contributed by atoms with Crippen LogP contribution < -0.4 is 0 Å². The first kappa shape index (κ1) is 17.0. The third-order valence-corrected chi connectivity index (χ3v) is 4.24. The Labute approximate surface area is 147 Å². The average molecular weight is 360 g/mol. The Morgan fingerprint density at radius 2 is 1.88 bits per heavy atom. The monoisotopic (exact) mass is 360 g/mol. The van der Waals surface area contributed by atoms with Crippen LogP contribution in [0.15, 0.2) is 17.5 Å². The van der Waals surface area contributed by atoms with Crippen molar-refractivity contribution in [1.82, 2.24) is 19.7 Å². The van der Waals surface area contributed by atoms with Gasteiger partial charge in [0.2, 0.25) is 5.82 Å². The third kappa shape index (κ3) is 3.10. The number of nitrogens with zero attached hydrogens (tertiary/aromatic N) is 4. The summed E-state index contributed by atoms with van der Waals surface area (Å²) in [5, 5.41) is 6.81. The fourth-order valence-corrected chi connectivity index (χ4v) is 3.08. The molecule has 0 saturated heterocycles. The predicted octanol–water partition coefficient (Wildman–Crippen LogP) is 2.45. The van der Waals surface area contributed by atoms with E-state index in [1.54, 1.807) is 20.9 Å². The van der Waals surface area contributed by atoms with Crippen LogP contribution in [-0.2, 0) is 16.5 Å². The summed E-state index contributed by atoms with van der Waals surface area (Å²) in [5.41, 5.74) is 0.946. The molecule has 0 aromatic carbocycles. The molecule has 0 aliphatic rings. The summed E-state index contributed by atoms with van der Waals surface area (Å²) >= 11 is 1.48. The fraction of sp³-hybridized carbons (Fsp3) is 0.312. The second-order valence-corrected chi connectivity index (χ2v) is 5.93. The normalized spacial score (nSPS) is 10.8. The van der Waals surface area contributed by atoms with Crippen LogP contribution in [0.5, 0.6) is 0 Å². The fourth-order valence-electron chi connectivity index (χ4n) is 2.37. The van der Waals surface area contributed by atoms with Gasteiger partial charge in [-0.2, -0.15) is 5.10 Å². The molecule has 130 valence electrons. The van der Waals surface area contributed by atoms with E-state index in [9.17, 15) is 9.59 Å². The molecule has 0 N–H and O–H groups in total. The van der Waals surface area contributed by atoms with Crippen LogP contribution in [0.25, 0.3) is 21.6 Å². The van der Waals surface area contributed by atoms with Crippen molar-refractivity contribution >= 4 is 34.3 Å². The van der Waals surface area contributed by atoms with Crippen molar-refractivity contribution in [3.63, 3.8) is 0 Å². The average Bonchev–Trinajstić information content (AvgIpc) is 3.23. The van der Waals surface area contributed by atoms with E-state index in [2.05, 4.69) is 15.1 Å². The van der Waals surface area contributed by atoms with E-state index >= 15 is 0 Å². The molecular weight excluding hydrogens is 344 g/mol. The number of carbonyl (C=O) groups excluding carboxylic acids is 2. The molecule has 25 heavy (non-hydrogen) atoms. The molecule has 0 bridgehead atoms. The Morgan fingerprint density at radius 1 is 1.16 bits per heavy atom. The van der Waals surface area contributed by atoms with Crippen molar-refractivity contribution < 1.29 is 19.1 Å². The number of carbonyl (C=O) groups is 2. The second-order valence-electron chi connectivity index (χ2n) is 4.98. The lowest BCUT2D eigenvalue weighted by atomic mass is 10.2. The summed E-state index contributed by atoms with van der Waals surface area (Å²) in [7, 11) is 1.69. The summed E-state index contributed by atoms with van der Waals surface area (Å²) in [6.07, 6.45) is 0. The number of hydrogen-bond acceptors (Lipinski definition) is 8. The van der Waals surface area contributed by atoms with Crippen molar-refractivity contribution in [3.05, 3.63) is 29.0 Å². The summed E-state index contributed by atoms with van der Waals surface area (Å²) in [6, 6.07) is 3.78. The Bertz CT molecular complexity index is 933. The van der Waals surface area contributed by atoms with E-state index in [0.29, 0.717) is 16.7 Å². The molecule has 8 nitrogen and oxygen atoms in total. The third-order valence-electron chi connectivity index (χ3n) is 3.36. The van der Waals surface area contributed by atoms with Gasteiger partial charge in [0, 0.05) is 7.05 Å². The van der Waals surface area contributed by atoms with Gasteiger partial charge in [0.25, 0.3) is 0 Å². The molecule has 0 amide bonds. The van der Waals surface area contributed by atoms with Gasteiger partial charge in [0.15, 0.2) is 11.3 Å². The molecule has 0 atom stereocenters. The SMILES string of the molecule is CCOC(=O)c1nc(C(=O)OCC)c2c(-c3cccs3)nn(C)c2n1. The Kier molecular flexibility index (Phi) is 4.75. The minimum Gasteiger partial charge on any atom is -0.461 e. The number of aryl methyl sites for hydroxylation is 1. The van der Waals surface area contributed by atoms with Gasteiger partial charge in [-0.05, 0) is 25.3 Å². The zero-order valence-corrected chi connectivity index (χ0v) is 14.8. The lowest BCUT2D eigenvalue weighted by molar-refractivity contribution is 0.0507. The van der Waals surface area contributed by atoms with Crippen molar-refractivity contribution in [3.8, 4) is 10.6 Å². The van der Waals surface area contributed by atoms with Crippen LogP contribution >= 0.6 is 11.3 Å². The van der Waals surface area contributed by atoms with Crippen molar-refractivity contribution in [2.24, 2.45) is 7.05 Å². The highest BCUT2D eigenvalue weighted by Gasteiger charge is 2.26. The van der Waals surface area contributed by atoms with E-state index in [1.165, 1.54) is 16.0 Å². The van der Waals surface area contributed by atoms with Crippen molar-refractivity contribution in [2.45, 2.75) is 13.8 Å². The van der Waals surface area contributed by atoms with E-state index in [-0.39, 0.29) is 24.7 Å². The van der Waals surface area contributed by atoms with Gasteiger partial charge < -0.3 is 9.47 Å². The zero-order chi connectivity index (χ0) is 18.0. The molecule has 3 aromatic rings. The van der Waals surface area contributed by atoms with Crippen molar-refractivity contribution in [1.29, 1.82) is 0 Å². The van der Waals surface area contributed by atoms with Crippen molar-refractivity contribution in [2.75, 3.05) is 13.2 Å². The molecule has 3 rings (SSSR count). The number of thiophene rings is 1. The quantitative estimate of drug-likeness (QED) is 0.645. The van der Waals surface area contributed by atoms with Crippen LogP contribution in [0.1, 0.15) is 35.0 Å². The summed E-state index contributed by atoms with van der Waals surface area (Å²) in [4.78, 5) is 33.7. The summed E-state index contributed by atoms with van der Waals surface area (Å²) in [6.45, 7) is 3.75. The molecule has 0 saturated carbocycles. The first-order valence-electron chi connectivity index (χ1n) is 7.69. The van der Waals surface area contributed by atoms with E-state index in [1.807, 2.05) is 17.5 Å². The van der Waals surface area contributed by atoms with Gasteiger partial charge in [-0.15, -0.1) is 11.3 Å². The first-order chi connectivity index (χ1) is 12.1. The summed E-state index contributed by atoms with van der Waals surface area (Å²) < 4.78 is 11.6. The molecule has 0 fully saturated rings. The number of fused-ring (bicyclic) bond motifs is 1. The smallest absolute Gasteiger partial charge is 0.376 e. The van der Waals surface area contributed by atoms with E-state index < -0.39 is 11.9 Å². The first-order valence-corrected chi connectivity index (χ1v) is 8.57. The topological polar surface area (TPSA) is 96.2 Å². The molecular formula is C16H16N4O4S. The number of hydrogen-bond donors (Lipinski definition) is 0. The predicted molar refractivity (Wildman–Crippen MR) is 91.5 cm³/mol. The molecule has 0 radical (unpaired) electrons. The van der Waals surface area contributed by atoms with E-state index in [4.69, 9.17) is 9.47 Å². The molecule has 9 heteroatoms. The van der Waals surface area contributed by atoms with Gasteiger partial charge in [-0.25, -0.2) is 24.2 Å². The maximum atomic E-state index is 12.4. The minimum absolute atomic E-state index is 0.00593. The van der Waals surface area contributed by atoms with Gasteiger partial charge in [0.05, 0.1) is 23.5 Å². The van der Waals surface area contributed by atoms with Gasteiger partial charge >= 0.3 is 11.9 Å². The maximum Gasteiger partial charge on any atom is 0.376 e. The Balaban J connectivity index is 2.29. The molecule has 0 unspecified atom stereocenters. The number of esters is 2. The maximum absolute atomic E-state index is 12.4. The largest absolute Gasteiger partial charge is 0.461 e. The number of ether oxygens (including phenoxy) is 2. The highest BCUT2D eigenvalue weighted by Crippen LogP contribution is 2.32. The molecule has 0 spiro atoms. The minimum atomic E-state index is -0.700. The van der Waals surface area contributed by atoms with Gasteiger partial charge in [-0.3, -0.25) is 0 Å². The molecule has 3 aromatic heterocycles. The molecule has 0 aliphatic heterocycles. The van der Waals surface area contributed by atoms with Crippen LogP contribution in [0.4, 0.5) is 0 Å². The second kappa shape index (κ2) is 6.98. The lowest BCUT2D eigenvalue weighted by Gasteiger charge is -2.06. The highest BCUT2D eigenvalue weighted by molar-refractivity contribution is 7.13. The highest BCUT2D eigenvalue weighted by atomic mass is 32.1. The molecule has 3 heterocycles. The standard InChI is InChI=1S/C16H16N4O4S/c1-4-23-15(21)12-10-11(9-7-6-8-25-9)19-20(3)14(10)18-13(17-12)16(22)24-5-2/h6-8H,4-5H2,1-3H3. The van der Waals surface area contributed by atoms with Crippen LogP contribution in [-0.4, -0.2) is 44.9 Å².